The van der Waals surface area contributed by atoms with Crippen molar-refractivity contribution in [3.05, 3.63) is 29.6 Å². The summed E-state index contributed by atoms with van der Waals surface area (Å²) in [7, 11) is -3.04. The van der Waals surface area contributed by atoms with Gasteiger partial charge < -0.3 is 9.84 Å². The van der Waals surface area contributed by atoms with Crippen LogP contribution >= 0.6 is 0 Å². The lowest BCUT2D eigenvalue weighted by Crippen LogP contribution is -2.37. The number of nitrogens with zero attached hydrogens (tertiary/aromatic N) is 1. The summed E-state index contributed by atoms with van der Waals surface area (Å²) >= 11 is 0. The van der Waals surface area contributed by atoms with Crippen LogP contribution < -0.4 is 4.72 Å². The first kappa shape index (κ1) is 16.0. The van der Waals surface area contributed by atoms with E-state index in [4.69, 9.17) is 5.26 Å². The smallest absolute Gasteiger partial charge is 0.336 e. The number of hydrogen-bond acceptors (Lipinski definition) is 6. The highest BCUT2D eigenvalue weighted by Gasteiger charge is 2.21. The van der Waals surface area contributed by atoms with Gasteiger partial charge in [0, 0.05) is 6.54 Å². The molecule has 0 saturated heterocycles. The molecule has 1 unspecified atom stereocenters. The molecule has 1 aromatic carbocycles. The molecule has 20 heavy (non-hydrogen) atoms. The number of aliphatic hydroxyl groups excluding tert-OH is 1. The molecule has 1 atom stereocenters. The molecule has 1 rings (SSSR count). The number of nitriles is 1. The number of esters is 1. The van der Waals surface area contributed by atoms with Crippen molar-refractivity contribution in [1.29, 1.82) is 5.26 Å². The monoisotopic (exact) mass is 302 g/mol. The van der Waals surface area contributed by atoms with Crippen molar-refractivity contribution in [2.24, 2.45) is 0 Å². The molecule has 0 spiro atoms. The van der Waals surface area contributed by atoms with Crippen LogP contribution in [0, 0.1) is 17.1 Å². The Balaban J connectivity index is 2.90. The van der Waals surface area contributed by atoms with Crippen molar-refractivity contribution in [1.82, 2.24) is 4.72 Å². The molecule has 0 aliphatic carbocycles. The van der Waals surface area contributed by atoms with Gasteiger partial charge in [-0.1, -0.05) is 0 Å². The molecule has 0 amide bonds. The molecule has 0 fully saturated rings. The topological polar surface area (TPSA) is 116 Å². The van der Waals surface area contributed by atoms with Gasteiger partial charge in [0.1, 0.15) is 11.9 Å². The Bertz CT molecular complexity index is 653. The third-order valence-corrected chi connectivity index (χ3v) is 3.73. The van der Waals surface area contributed by atoms with Crippen molar-refractivity contribution in [3.63, 3.8) is 0 Å². The standard InChI is InChI=1S/C11H11FN2O5S/c1-19-11(16)10(15)6-14-20(17,18)8-2-3-9(12)7(4-8)5-13/h2-4,10,14-15H,6H2,1H3. The molecule has 0 aliphatic heterocycles. The summed E-state index contributed by atoms with van der Waals surface area (Å²) in [6.45, 7) is -0.603. The summed E-state index contributed by atoms with van der Waals surface area (Å²) in [5, 5.41) is 17.9. The van der Waals surface area contributed by atoms with E-state index in [1.165, 1.54) is 6.07 Å². The van der Waals surface area contributed by atoms with E-state index < -0.39 is 40.0 Å². The first-order valence-electron chi connectivity index (χ1n) is 5.27. The highest BCUT2D eigenvalue weighted by Crippen LogP contribution is 2.14. The number of carbonyl (C=O) groups excluding carboxylic acids is 1. The molecule has 0 saturated carbocycles. The van der Waals surface area contributed by atoms with Gasteiger partial charge in [-0.25, -0.2) is 22.3 Å². The molecule has 0 bridgehead atoms. The third kappa shape index (κ3) is 3.74. The molecule has 1 aromatic rings. The summed E-state index contributed by atoms with van der Waals surface area (Å²) in [6, 6.07) is 4.16. The summed E-state index contributed by atoms with van der Waals surface area (Å²) < 4.78 is 42.9. The number of rotatable bonds is 5. The Kier molecular flexibility index (Phi) is 5.15. The minimum absolute atomic E-state index is 0.354. The minimum atomic E-state index is -4.08. The van der Waals surface area contributed by atoms with Gasteiger partial charge in [0.2, 0.25) is 10.0 Å². The molecular formula is C11H11FN2O5S. The van der Waals surface area contributed by atoms with Gasteiger partial charge in [-0.2, -0.15) is 5.26 Å². The average Bonchev–Trinajstić information content (AvgIpc) is 2.44. The first-order valence-corrected chi connectivity index (χ1v) is 6.75. The maximum atomic E-state index is 13.1. The molecule has 7 nitrogen and oxygen atoms in total. The first-order chi connectivity index (χ1) is 9.31. The second-order valence-corrected chi connectivity index (χ2v) is 5.41. The van der Waals surface area contributed by atoms with Crippen LogP contribution in [0.25, 0.3) is 0 Å². The van der Waals surface area contributed by atoms with Crippen molar-refractivity contribution >= 4 is 16.0 Å². The SMILES string of the molecule is COC(=O)C(O)CNS(=O)(=O)c1ccc(F)c(C#N)c1. The van der Waals surface area contributed by atoms with Gasteiger partial charge in [0.25, 0.3) is 0 Å². The van der Waals surface area contributed by atoms with Crippen molar-refractivity contribution in [2.45, 2.75) is 11.0 Å². The quantitative estimate of drug-likeness (QED) is 0.709. The lowest BCUT2D eigenvalue weighted by molar-refractivity contribution is -0.149. The number of aliphatic hydroxyl groups is 1. The number of nitrogens with one attached hydrogen (secondary N) is 1. The molecule has 2 N–H and O–H groups in total. The lowest BCUT2D eigenvalue weighted by Gasteiger charge is -2.10. The molecule has 0 heterocycles. The van der Waals surface area contributed by atoms with Gasteiger partial charge in [0.15, 0.2) is 6.10 Å². The lowest BCUT2D eigenvalue weighted by atomic mass is 10.2. The Morgan fingerprint density at radius 3 is 2.80 bits per heavy atom. The van der Waals surface area contributed by atoms with E-state index in [0.717, 1.165) is 25.3 Å². The van der Waals surface area contributed by atoms with Crippen molar-refractivity contribution in [3.8, 4) is 6.07 Å². The van der Waals surface area contributed by atoms with E-state index in [1.807, 2.05) is 4.72 Å². The minimum Gasteiger partial charge on any atom is -0.467 e. The zero-order valence-corrected chi connectivity index (χ0v) is 11.1. The average molecular weight is 302 g/mol. The number of benzene rings is 1. The maximum absolute atomic E-state index is 13.1. The fourth-order valence-electron chi connectivity index (χ4n) is 1.25. The van der Waals surface area contributed by atoms with E-state index in [-0.39, 0.29) is 4.90 Å². The van der Waals surface area contributed by atoms with Crippen molar-refractivity contribution in [2.75, 3.05) is 13.7 Å². The number of halogens is 1. The Hall–Kier alpha value is -2.02. The van der Waals surface area contributed by atoms with E-state index in [1.54, 1.807) is 0 Å². The maximum Gasteiger partial charge on any atom is 0.336 e. The Morgan fingerprint density at radius 1 is 1.60 bits per heavy atom. The Morgan fingerprint density at radius 2 is 2.25 bits per heavy atom. The predicted octanol–water partition coefficient (Wildman–Crippen LogP) is -0.490. The zero-order valence-electron chi connectivity index (χ0n) is 10.3. The van der Waals surface area contributed by atoms with Crippen LogP contribution in [-0.4, -0.2) is 39.3 Å². The number of ether oxygens (including phenoxy) is 1. The van der Waals surface area contributed by atoms with Gasteiger partial charge in [-0.3, -0.25) is 0 Å². The van der Waals surface area contributed by atoms with Gasteiger partial charge in [-0.05, 0) is 18.2 Å². The van der Waals surface area contributed by atoms with E-state index in [2.05, 4.69) is 4.74 Å². The number of carbonyl (C=O) groups is 1. The van der Waals surface area contributed by atoms with Crippen LogP contribution in [0.4, 0.5) is 4.39 Å². The second-order valence-electron chi connectivity index (χ2n) is 3.64. The van der Waals surface area contributed by atoms with Crippen LogP contribution in [0.5, 0.6) is 0 Å². The van der Waals surface area contributed by atoms with Crippen LogP contribution in [0.15, 0.2) is 23.1 Å². The van der Waals surface area contributed by atoms with Crippen LogP contribution in [-0.2, 0) is 19.6 Å². The van der Waals surface area contributed by atoms with Gasteiger partial charge in [0.05, 0.1) is 17.6 Å². The summed E-state index contributed by atoms with van der Waals surface area (Å²) in [4.78, 5) is 10.6. The predicted molar refractivity (Wildman–Crippen MR) is 64.3 cm³/mol. The summed E-state index contributed by atoms with van der Waals surface area (Å²) in [5.74, 6) is -1.84. The highest BCUT2D eigenvalue weighted by molar-refractivity contribution is 7.89. The molecule has 0 aromatic heterocycles. The molecule has 0 aliphatic rings. The molecule has 9 heteroatoms. The normalized spacial score (nSPS) is 12.5. The number of methoxy groups -OCH3 is 1. The van der Waals surface area contributed by atoms with Gasteiger partial charge in [-0.15, -0.1) is 0 Å². The molecular weight excluding hydrogens is 291 g/mol. The van der Waals surface area contributed by atoms with Crippen LogP contribution in [0.2, 0.25) is 0 Å². The van der Waals surface area contributed by atoms with E-state index in [9.17, 15) is 22.7 Å². The largest absolute Gasteiger partial charge is 0.467 e. The summed E-state index contributed by atoms with van der Waals surface area (Å²) in [5.41, 5.74) is -0.429. The zero-order chi connectivity index (χ0) is 15.3. The summed E-state index contributed by atoms with van der Waals surface area (Å²) in [6.07, 6.45) is -1.66. The molecule has 108 valence electrons. The van der Waals surface area contributed by atoms with Crippen LogP contribution in [0.1, 0.15) is 5.56 Å². The fourth-order valence-corrected chi connectivity index (χ4v) is 2.31. The molecule has 0 radical (unpaired) electrons. The number of hydrogen-bond donors (Lipinski definition) is 2. The van der Waals surface area contributed by atoms with Crippen molar-refractivity contribution < 1.29 is 27.4 Å². The second kappa shape index (κ2) is 6.42. The van der Waals surface area contributed by atoms with E-state index >= 15 is 0 Å². The highest BCUT2D eigenvalue weighted by atomic mass is 32.2. The van der Waals surface area contributed by atoms with Gasteiger partial charge >= 0.3 is 5.97 Å². The van der Waals surface area contributed by atoms with E-state index in [0.29, 0.717) is 0 Å². The third-order valence-electron chi connectivity index (χ3n) is 2.31. The Labute approximate surface area is 114 Å². The van der Waals surface area contributed by atoms with Crippen LogP contribution in [0.3, 0.4) is 0 Å². The fraction of sp³-hybridized carbons (Fsp3) is 0.273. The number of sulfonamides is 1.